The fourth-order valence-corrected chi connectivity index (χ4v) is 2.30. The number of carbonyl (C=O) groups is 1. The van der Waals surface area contributed by atoms with Crippen LogP contribution in [0.3, 0.4) is 0 Å². The molecule has 5 nitrogen and oxygen atoms in total. The summed E-state index contributed by atoms with van der Waals surface area (Å²) in [6, 6.07) is 18.7. The first kappa shape index (κ1) is 15.5. The van der Waals surface area contributed by atoms with Gasteiger partial charge in [-0.1, -0.05) is 35.5 Å². The largest absolute Gasteiger partial charge is 0.461 e. The Morgan fingerprint density at radius 3 is 2.58 bits per heavy atom. The van der Waals surface area contributed by atoms with Gasteiger partial charge in [-0.2, -0.15) is 5.26 Å². The predicted octanol–water partition coefficient (Wildman–Crippen LogP) is 4.06. The molecular weight excluding hydrogens is 304 g/mol. The standard InChI is InChI=1S/C19H14N2O3/c1-2-23-19(22)17-11-18(24-21-17)16-5-3-4-15(10-16)14-8-6-13(12-20)7-9-14/h3-11H,2H2,1H3. The third-order valence-electron chi connectivity index (χ3n) is 3.49. The van der Waals surface area contributed by atoms with Crippen molar-refractivity contribution in [3.8, 4) is 28.5 Å². The topological polar surface area (TPSA) is 76.1 Å². The first-order valence-electron chi connectivity index (χ1n) is 7.46. The molecule has 3 aromatic rings. The molecule has 24 heavy (non-hydrogen) atoms. The van der Waals surface area contributed by atoms with Crippen LogP contribution in [0.4, 0.5) is 0 Å². The molecule has 2 aromatic carbocycles. The monoisotopic (exact) mass is 318 g/mol. The first-order chi connectivity index (χ1) is 11.7. The molecule has 1 heterocycles. The van der Waals surface area contributed by atoms with Gasteiger partial charge in [0.05, 0.1) is 18.2 Å². The molecule has 0 saturated carbocycles. The van der Waals surface area contributed by atoms with Crippen molar-refractivity contribution in [1.82, 2.24) is 5.16 Å². The molecule has 0 N–H and O–H groups in total. The van der Waals surface area contributed by atoms with Gasteiger partial charge in [-0.3, -0.25) is 0 Å². The second kappa shape index (κ2) is 6.80. The van der Waals surface area contributed by atoms with Crippen LogP contribution < -0.4 is 0 Å². The smallest absolute Gasteiger partial charge is 0.360 e. The van der Waals surface area contributed by atoms with Crippen LogP contribution >= 0.6 is 0 Å². The maximum absolute atomic E-state index is 11.7. The lowest BCUT2D eigenvalue weighted by Gasteiger charge is -2.03. The van der Waals surface area contributed by atoms with Crippen molar-refractivity contribution < 1.29 is 14.1 Å². The molecule has 0 aliphatic heterocycles. The van der Waals surface area contributed by atoms with Gasteiger partial charge in [0.15, 0.2) is 11.5 Å². The molecule has 1 aromatic heterocycles. The fraction of sp³-hybridized carbons (Fsp3) is 0.105. The average molecular weight is 318 g/mol. The van der Waals surface area contributed by atoms with E-state index in [9.17, 15) is 4.79 Å². The third kappa shape index (κ3) is 3.18. The molecule has 0 spiro atoms. The van der Waals surface area contributed by atoms with Gasteiger partial charge < -0.3 is 9.26 Å². The highest BCUT2D eigenvalue weighted by Crippen LogP contribution is 2.27. The van der Waals surface area contributed by atoms with E-state index in [1.165, 1.54) is 0 Å². The maximum atomic E-state index is 11.7. The van der Waals surface area contributed by atoms with E-state index in [0.717, 1.165) is 16.7 Å². The minimum absolute atomic E-state index is 0.149. The van der Waals surface area contributed by atoms with Gasteiger partial charge in [-0.25, -0.2) is 4.79 Å². The molecule has 0 fully saturated rings. The first-order valence-corrected chi connectivity index (χ1v) is 7.46. The Balaban J connectivity index is 1.90. The summed E-state index contributed by atoms with van der Waals surface area (Å²) in [5, 5.41) is 12.6. The lowest BCUT2D eigenvalue weighted by molar-refractivity contribution is 0.0514. The van der Waals surface area contributed by atoms with Crippen LogP contribution in [0.1, 0.15) is 23.0 Å². The van der Waals surface area contributed by atoms with Crippen LogP contribution in [-0.2, 0) is 4.74 Å². The Hall–Kier alpha value is -3.39. The van der Waals surface area contributed by atoms with Crippen LogP contribution in [0.2, 0.25) is 0 Å². The molecule has 3 rings (SSSR count). The number of nitriles is 1. The number of nitrogens with zero attached hydrogens (tertiary/aromatic N) is 2. The van der Waals surface area contributed by atoms with Gasteiger partial charge >= 0.3 is 5.97 Å². The van der Waals surface area contributed by atoms with Gasteiger partial charge in [0, 0.05) is 11.6 Å². The van der Waals surface area contributed by atoms with Crippen molar-refractivity contribution in [3.63, 3.8) is 0 Å². The number of hydrogen-bond donors (Lipinski definition) is 0. The van der Waals surface area contributed by atoms with Crippen LogP contribution in [0.5, 0.6) is 0 Å². The van der Waals surface area contributed by atoms with Crippen molar-refractivity contribution in [1.29, 1.82) is 5.26 Å². The van der Waals surface area contributed by atoms with E-state index in [0.29, 0.717) is 11.3 Å². The number of esters is 1. The number of hydrogen-bond acceptors (Lipinski definition) is 5. The summed E-state index contributed by atoms with van der Waals surface area (Å²) >= 11 is 0. The number of ether oxygens (including phenoxy) is 1. The third-order valence-corrected chi connectivity index (χ3v) is 3.49. The summed E-state index contributed by atoms with van der Waals surface area (Å²) in [6.07, 6.45) is 0. The number of carbonyl (C=O) groups excluding carboxylic acids is 1. The minimum Gasteiger partial charge on any atom is -0.461 e. The normalized spacial score (nSPS) is 10.2. The molecule has 0 amide bonds. The molecule has 5 heteroatoms. The lowest BCUT2D eigenvalue weighted by Crippen LogP contribution is -2.04. The van der Waals surface area contributed by atoms with E-state index in [2.05, 4.69) is 11.2 Å². The summed E-state index contributed by atoms with van der Waals surface area (Å²) < 4.78 is 10.2. The summed E-state index contributed by atoms with van der Waals surface area (Å²) in [5.41, 5.74) is 3.53. The molecule has 0 radical (unpaired) electrons. The molecule has 0 atom stereocenters. The van der Waals surface area contributed by atoms with E-state index in [1.807, 2.05) is 36.4 Å². The predicted molar refractivity (Wildman–Crippen MR) is 88.0 cm³/mol. The Bertz CT molecular complexity index is 905. The molecule has 0 bridgehead atoms. The van der Waals surface area contributed by atoms with Gasteiger partial charge in [0.2, 0.25) is 0 Å². The van der Waals surface area contributed by atoms with Crippen LogP contribution in [-0.4, -0.2) is 17.7 Å². The highest BCUT2D eigenvalue weighted by Gasteiger charge is 2.14. The van der Waals surface area contributed by atoms with Crippen LogP contribution in [0.15, 0.2) is 59.1 Å². The summed E-state index contributed by atoms with van der Waals surface area (Å²) in [5.74, 6) is -0.00991. The highest BCUT2D eigenvalue weighted by atomic mass is 16.5. The van der Waals surface area contributed by atoms with Gasteiger partial charge in [0.25, 0.3) is 0 Å². The van der Waals surface area contributed by atoms with Crippen molar-refractivity contribution in [2.24, 2.45) is 0 Å². The van der Waals surface area contributed by atoms with Crippen molar-refractivity contribution in [2.75, 3.05) is 6.61 Å². The quantitative estimate of drug-likeness (QED) is 0.678. The number of benzene rings is 2. The molecule has 0 aliphatic carbocycles. The maximum Gasteiger partial charge on any atom is 0.360 e. The average Bonchev–Trinajstić information content (AvgIpc) is 3.12. The fourth-order valence-electron chi connectivity index (χ4n) is 2.30. The van der Waals surface area contributed by atoms with E-state index >= 15 is 0 Å². The van der Waals surface area contributed by atoms with E-state index in [4.69, 9.17) is 14.5 Å². The molecular formula is C19H14N2O3. The lowest BCUT2D eigenvalue weighted by atomic mass is 10.0. The molecule has 0 aliphatic rings. The highest BCUT2D eigenvalue weighted by molar-refractivity contribution is 5.88. The second-order valence-electron chi connectivity index (χ2n) is 5.07. The van der Waals surface area contributed by atoms with Gasteiger partial charge in [-0.15, -0.1) is 0 Å². The summed E-state index contributed by atoms with van der Waals surface area (Å²) in [7, 11) is 0. The molecule has 0 saturated heterocycles. The van der Waals surface area contributed by atoms with Crippen molar-refractivity contribution >= 4 is 5.97 Å². The van der Waals surface area contributed by atoms with Crippen LogP contribution in [0.25, 0.3) is 22.5 Å². The zero-order chi connectivity index (χ0) is 16.9. The Labute approximate surface area is 139 Å². The van der Waals surface area contributed by atoms with E-state index in [1.54, 1.807) is 25.1 Å². The van der Waals surface area contributed by atoms with E-state index in [-0.39, 0.29) is 12.3 Å². The Kier molecular flexibility index (Phi) is 4.39. The minimum atomic E-state index is -0.504. The molecule has 118 valence electrons. The Morgan fingerprint density at radius 1 is 1.12 bits per heavy atom. The summed E-state index contributed by atoms with van der Waals surface area (Å²) in [6.45, 7) is 2.02. The number of rotatable bonds is 4. The van der Waals surface area contributed by atoms with Gasteiger partial charge in [-0.05, 0) is 36.2 Å². The van der Waals surface area contributed by atoms with Crippen molar-refractivity contribution in [3.05, 3.63) is 65.9 Å². The van der Waals surface area contributed by atoms with E-state index < -0.39 is 5.97 Å². The zero-order valence-electron chi connectivity index (χ0n) is 13.0. The van der Waals surface area contributed by atoms with Crippen LogP contribution in [0, 0.1) is 11.3 Å². The zero-order valence-corrected chi connectivity index (χ0v) is 13.0. The second-order valence-corrected chi connectivity index (χ2v) is 5.07. The molecule has 0 unspecified atom stereocenters. The summed E-state index contributed by atoms with van der Waals surface area (Å²) in [4.78, 5) is 11.7. The Morgan fingerprint density at radius 2 is 1.88 bits per heavy atom. The van der Waals surface area contributed by atoms with Crippen molar-refractivity contribution in [2.45, 2.75) is 6.92 Å². The number of aromatic nitrogens is 1. The van der Waals surface area contributed by atoms with Gasteiger partial charge in [0.1, 0.15) is 0 Å². The SMILES string of the molecule is CCOC(=O)c1cc(-c2cccc(-c3ccc(C#N)cc3)c2)on1.